The number of benzene rings is 4. The number of ether oxygens (including phenoxy) is 1. The number of hydrogen-bond donors (Lipinski definition) is 2. The number of hydrogen-bond acceptors (Lipinski definition) is 5. The van der Waals surface area contributed by atoms with E-state index in [1.807, 2.05) is 62.4 Å². The van der Waals surface area contributed by atoms with Gasteiger partial charge in [0.05, 0.1) is 11.2 Å². The number of nitrogens with zero attached hydrogens (tertiary/aromatic N) is 2. The highest BCUT2D eigenvalue weighted by Crippen LogP contribution is 2.28. The van der Waals surface area contributed by atoms with Crippen LogP contribution in [0.4, 0.5) is 0 Å². The predicted molar refractivity (Wildman–Crippen MR) is 155 cm³/mol. The molecule has 8 heteroatoms. The van der Waals surface area contributed by atoms with Gasteiger partial charge in [-0.1, -0.05) is 66.2 Å². The topological polar surface area (TPSA) is 91.2 Å². The van der Waals surface area contributed by atoms with E-state index in [9.17, 15) is 14.7 Å². The van der Waals surface area contributed by atoms with Gasteiger partial charge in [-0.15, -0.1) is 0 Å². The number of fused-ring (bicyclic) bond motifs is 1. The van der Waals surface area contributed by atoms with Crippen molar-refractivity contribution in [3.05, 3.63) is 107 Å². The Hall–Kier alpha value is -4.36. The number of aromatic hydroxyl groups is 1. The van der Waals surface area contributed by atoms with Crippen LogP contribution < -0.4 is 10.2 Å². The van der Waals surface area contributed by atoms with Crippen molar-refractivity contribution in [2.45, 2.75) is 25.8 Å². The van der Waals surface area contributed by atoms with Crippen molar-refractivity contribution in [1.82, 2.24) is 10.3 Å². The number of likely N-dealkylation sites (N-methyl/N-ethyl adjacent to an activating group) is 1. The second kappa shape index (κ2) is 12.0. The zero-order valence-electron chi connectivity index (χ0n) is 22.0. The summed E-state index contributed by atoms with van der Waals surface area (Å²) in [6, 6.07) is 25.5. The number of carbonyl (C=O) groups excluding carboxylic acids is 2. The molecule has 4 aromatic rings. The van der Waals surface area contributed by atoms with Crippen molar-refractivity contribution in [3.8, 4) is 11.5 Å². The number of amides is 2. The highest BCUT2D eigenvalue weighted by atomic mass is 35.5. The smallest absolute Gasteiger partial charge is 0.271 e. The molecule has 0 aliphatic heterocycles. The van der Waals surface area contributed by atoms with Crippen LogP contribution in [0.1, 0.15) is 35.3 Å². The zero-order chi connectivity index (χ0) is 28.0. The van der Waals surface area contributed by atoms with Crippen molar-refractivity contribution in [1.29, 1.82) is 0 Å². The first kappa shape index (κ1) is 27.7. The van der Waals surface area contributed by atoms with Crippen LogP contribution in [0.3, 0.4) is 0 Å². The van der Waals surface area contributed by atoms with Gasteiger partial charge in [0, 0.05) is 29.1 Å². The lowest BCUT2D eigenvalue weighted by atomic mass is 9.93. The molecule has 0 saturated heterocycles. The van der Waals surface area contributed by atoms with E-state index < -0.39 is 5.91 Å². The Kier molecular flexibility index (Phi) is 8.52. The maximum atomic E-state index is 13.0. The lowest BCUT2D eigenvalue weighted by molar-refractivity contribution is -0.136. The molecule has 0 bridgehead atoms. The molecule has 0 aromatic heterocycles. The van der Waals surface area contributed by atoms with E-state index in [4.69, 9.17) is 16.3 Å². The van der Waals surface area contributed by atoms with Crippen molar-refractivity contribution < 1.29 is 19.4 Å². The van der Waals surface area contributed by atoms with Crippen LogP contribution in [-0.4, -0.2) is 47.2 Å². The Bertz CT molecular complexity index is 1520. The minimum absolute atomic E-state index is 0.0812. The van der Waals surface area contributed by atoms with Crippen molar-refractivity contribution in [2.24, 2.45) is 5.10 Å². The highest BCUT2D eigenvalue weighted by molar-refractivity contribution is 6.32. The average Bonchev–Trinajstić information content (AvgIpc) is 2.93. The lowest BCUT2D eigenvalue weighted by Gasteiger charge is -2.36. The Balaban J connectivity index is 1.43. The zero-order valence-corrected chi connectivity index (χ0v) is 22.8. The van der Waals surface area contributed by atoms with Crippen LogP contribution in [0.25, 0.3) is 10.8 Å². The van der Waals surface area contributed by atoms with Gasteiger partial charge < -0.3 is 14.7 Å². The molecule has 200 valence electrons. The van der Waals surface area contributed by atoms with E-state index in [2.05, 4.69) is 22.7 Å². The molecule has 2 amide bonds. The van der Waals surface area contributed by atoms with Crippen LogP contribution in [0.2, 0.25) is 5.02 Å². The third-order valence-corrected chi connectivity index (χ3v) is 6.91. The largest absolute Gasteiger partial charge is 0.506 e. The highest BCUT2D eigenvalue weighted by Gasteiger charge is 2.28. The minimum atomic E-state index is -0.463. The summed E-state index contributed by atoms with van der Waals surface area (Å²) in [7, 11) is 1.80. The molecule has 0 aliphatic rings. The van der Waals surface area contributed by atoms with E-state index in [1.165, 1.54) is 24.4 Å². The molecule has 0 saturated carbocycles. The molecule has 39 heavy (non-hydrogen) atoms. The van der Waals surface area contributed by atoms with Gasteiger partial charge in [0.2, 0.25) is 0 Å². The number of nitrogens with one attached hydrogen (secondary N) is 1. The molecule has 0 heterocycles. The van der Waals surface area contributed by atoms with Gasteiger partial charge in [-0.25, -0.2) is 5.43 Å². The molecule has 7 nitrogen and oxygen atoms in total. The van der Waals surface area contributed by atoms with Gasteiger partial charge in [-0.2, -0.15) is 5.10 Å². The summed E-state index contributed by atoms with van der Waals surface area (Å²) in [6.07, 6.45) is 2.26. The fraction of sp³-hybridized carbons (Fsp3) is 0.194. The van der Waals surface area contributed by atoms with E-state index in [-0.39, 0.29) is 34.4 Å². The Labute approximate surface area is 232 Å². The summed E-state index contributed by atoms with van der Waals surface area (Å²) in [5.41, 5.74) is 4.27. The Morgan fingerprint density at radius 3 is 2.41 bits per heavy atom. The molecular formula is C31H30ClN3O4. The normalized spacial score (nSPS) is 11.5. The SMILES string of the molecule is CN(C(=O)COc1ccc(/C=N/NC(=O)c2ccc(O)c(Cl)c2)c2ccccc12)C(C)(C)Cc1ccccc1. The van der Waals surface area contributed by atoms with Crippen LogP contribution >= 0.6 is 11.6 Å². The maximum absolute atomic E-state index is 13.0. The number of hydrazone groups is 1. The summed E-state index contributed by atoms with van der Waals surface area (Å²) >= 11 is 5.88. The van der Waals surface area contributed by atoms with Gasteiger partial charge in [0.15, 0.2) is 6.61 Å². The van der Waals surface area contributed by atoms with E-state index in [0.717, 1.165) is 28.3 Å². The minimum Gasteiger partial charge on any atom is -0.506 e. The quantitative estimate of drug-likeness (QED) is 0.205. The molecule has 0 atom stereocenters. The van der Waals surface area contributed by atoms with Crippen LogP contribution in [-0.2, 0) is 11.2 Å². The summed E-state index contributed by atoms with van der Waals surface area (Å²) in [6.45, 7) is 3.98. The third kappa shape index (κ3) is 6.75. The number of halogens is 1. The molecule has 0 radical (unpaired) electrons. The van der Waals surface area contributed by atoms with Gasteiger partial charge in [0.25, 0.3) is 11.8 Å². The monoisotopic (exact) mass is 543 g/mol. The van der Waals surface area contributed by atoms with Crippen LogP contribution in [0, 0.1) is 0 Å². The van der Waals surface area contributed by atoms with Crippen molar-refractivity contribution >= 4 is 40.4 Å². The Morgan fingerprint density at radius 2 is 1.69 bits per heavy atom. The molecule has 0 aliphatic carbocycles. The third-order valence-electron chi connectivity index (χ3n) is 6.61. The fourth-order valence-electron chi connectivity index (χ4n) is 4.19. The molecule has 4 aromatic carbocycles. The van der Waals surface area contributed by atoms with E-state index >= 15 is 0 Å². The standard InChI is InChI=1S/C31H30ClN3O4/c1-31(2,18-21-9-5-4-6-10-21)35(3)29(37)20-39-28-16-14-23(24-11-7-8-12-25(24)28)19-33-34-30(38)22-13-15-27(36)26(32)17-22/h4-17,19,36H,18,20H2,1-3H3,(H,34,38)/b33-19+. The van der Waals surface area contributed by atoms with Gasteiger partial charge in [-0.3, -0.25) is 9.59 Å². The maximum Gasteiger partial charge on any atom is 0.271 e. The van der Waals surface area contributed by atoms with Crippen LogP contribution in [0.5, 0.6) is 11.5 Å². The molecule has 0 fully saturated rings. The number of rotatable bonds is 9. The first-order valence-corrected chi connectivity index (χ1v) is 12.8. The van der Waals surface area contributed by atoms with Crippen molar-refractivity contribution in [3.63, 3.8) is 0 Å². The first-order chi connectivity index (χ1) is 18.7. The predicted octanol–water partition coefficient (Wildman–Crippen LogP) is 5.82. The van der Waals surface area contributed by atoms with Crippen LogP contribution in [0.15, 0.2) is 90.0 Å². The van der Waals surface area contributed by atoms with E-state index in [0.29, 0.717) is 5.75 Å². The van der Waals surface area contributed by atoms with E-state index in [1.54, 1.807) is 18.0 Å². The molecule has 4 rings (SSSR count). The lowest BCUT2D eigenvalue weighted by Crippen LogP contribution is -2.48. The Morgan fingerprint density at radius 1 is 1.00 bits per heavy atom. The number of carbonyl (C=O) groups is 2. The molecule has 2 N–H and O–H groups in total. The van der Waals surface area contributed by atoms with Gasteiger partial charge >= 0.3 is 0 Å². The summed E-state index contributed by atoms with van der Waals surface area (Å²) in [5, 5.41) is 15.4. The van der Waals surface area contributed by atoms with Crippen molar-refractivity contribution in [2.75, 3.05) is 13.7 Å². The molecule has 0 unspecified atom stereocenters. The molecular weight excluding hydrogens is 514 g/mol. The van der Waals surface area contributed by atoms with Gasteiger partial charge in [-0.05, 0) is 61.5 Å². The average molecular weight is 544 g/mol. The summed E-state index contributed by atoms with van der Waals surface area (Å²) in [4.78, 5) is 27.1. The number of phenolic OH excluding ortho intramolecular Hbond substituents is 1. The van der Waals surface area contributed by atoms with Gasteiger partial charge in [0.1, 0.15) is 11.5 Å². The molecule has 0 spiro atoms. The fourth-order valence-corrected chi connectivity index (χ4v) is 4.37. The second-order valence-corrected chi connectivity index (χ2v) is 10.2. The first-order valence-electron chi connectivity index (χ1n) is 12.4. The second-order valence-electron chi connectivity index (χ2n) is 9.78. The summed E-state index contributed by atoms with van der Waals surface area (Å²) in [5.74, 6) is -0.110. The summed E-state index contributed by atoms with van der Waals surface area (Å²) < 4.78 is 5.99. The number of phenols is 1.